The van der Waals surface area contributed by atoms with Crippen molar-refractivity contribution >= 4 is 10.9 Å². The van der Waals surface area contributed by atoms with Crippen molar-refractivity contribution in [3.05, 3.63) is 70.9 Å². The molecule has 1 aromatic heterocycles. The van der Waals surface area contributed by atoms with Gasteiger partial charge in [-0.1, -0.05) is 47.9 Å². The van der Waals surface area contributed by atoms with E-state index in [1.165, 1.54) is 65.5 Å². The van der Waals surface area contributed by atoms with Crippen LogP contribution in [-0.4, -0.2) is 22.6 Å². The van der Waals surface area contributed by atoms with Crippen LogP contribution in [0.4, 0.5) is 0 Å². The van der Waals surface area contributed by atoms with Crippen LogP contribution in [0.1, 0.15) is 41.5 Å². The third kappa shape index (κ3) is 3.64. The molecule has 130 valence electrons. The van der Waals surface area contributed by atoms with Gasteiger partial charge >= 0.3 is 0 Å². The minimum atomic E-state index is 0.944. The molecule has 0 spiro atoms. The molecule has 0 unspecified atom stereocenters. The van der Waals surface area contributed by atoms with Crippen LogP contribution < -0.4 is 0 Å². The minimum Gasteiger partial charge on any atom is -0.343 e. The summed E-state index contributed by atoms with van der Waals surface area (Å²) in [5.41, 5.74) is 6.88. The monoisotopic (exact) mass is 332 g/mol. The van der Waals surface area contributed by atoms with Gasteiger partial charge in [-0.3, -0.25) is 4.90 Å². The fourth-order valence-corrected chi connectivity index (χ4v) is 3.99. The molecule has 2 heteroatoms. The maximum Gasteiger partial charge on any atom is 0.0486 e. The first-order chi connectivity index (χ1) is 12.2. The number of fused-ring (bicyclic) bond motifs is 1. The standard InChI is InChI=1S/C23H28N2/c1-18-6-9-20(10-7-18)15-25-17-21(16-24-12-4-3-5-13-24)22-14-19(2)8-11-23(22)25/h6-11,14,17H,3-5,12-13,15-16H2,1-2H3. The molecule has 2 heterocycles. The van der Waals surface area contributed by atoms with Gasteiger partial charge in [0.05, 0.1) is 0 Å². The molecule has 1 saturated heterocycles. The molecule has 0 saturated carbocycles. The maximum absolute atomic E-state index is 2.62. The highest BCUT2D eigenvalue weighted by Crippen LogP contribution is 2.26. The van der Waals surface area contributed by atoms with Gasteiger partial charge in [0.1, 0.15) is 0 Å². The fourth-order valence-electron chi connectivity index (χ4n) is 3.99. The summed E-state index contributed by atoms with van der Waals surface area (Å²) < 4.78 is 2.43. The Hall–Kier alpha value is -2.06. The zero-order valence-electron chi connectivity index (χ0n) is 15.5. The van der Waals surface area contributed by atoms with Crippen molar-refractivity contribution in [2.24, 2.45) is 0 Å². The highest BCUT2D eigenvalue weighted by atomic mass is 15.1. The van der Waals surface area contributed by atoms with Crippen LogP contribution in [0.2, 0.25) is 0 Å². The smallest absolute Gasteiger partial charge is 0.0486 e. The number of benzene rings is 2. The lowest BCUT2D eigenvalue weighted by molar-refractivity contribution is 0.221. The summed E-state index contributed by atoms with van der Waals surface area (Å²) in [5, 5.41) is 1.43. The summed E-state index contributed by atoms with van der Waals surface area (Å²) in [6.45, 7) is 8.86. The Balaban J connectivity index is 1.67. The molecule has 0 atom stereocenters. The van der Waals surface area contributed by atoms with Gasteiger partial charge in [-0.25, -0.2) is 0 Å². The Morgan fingerprint density at radius 2 is 1.52 bits per heavy atom. The van der Waals surface area contributed by atoms with Gasteiger partial charge in [0.15, 0.2) is 0 Å². The van der Waals surface area contributed by atoms with Crippen LogP contribution in [0.15, 0.2) is 48.7 Å². The van der Waals surface area contributed by atoms with E-state index in [2.05, 4.69) is 72.0 Å². The van der Waals surface area contributed by atoms with Gasteiger partial charge in [0.2, 0.25) is 0 Å². The minimum absolute atomic E-state index is 0.944. The molecule has 2 nitrogen and oxygen atoms in total. The summed E-state index contributed by atoms with van der Waals surface area (Å²) in [7, 11) is 0. The number of hydrogen-bond acceptors (Lipinski definition) is 1. The second kappa shape index (κ2) is 7.05. The molecule has 2 aromatic carbocycles. The molecule has 0 radical (unpaired) electrons. The van der Waals surface area contributed by atoms with E-state index < -0.39 is 0 Å². The van der Waals surface area contributed by atoms with Gasteiger partial charge < -0.3 is 4.57 Å². The molecule has 3 aromatic rings. The third-order valence-electron chi connectivity index (χ3n) is 5.44. The summed E-state index contributed by atoms with van der Waals surface area (Å²) in [6, 6.07) is 15.8. The van der Waals surface area contributed by atoms with Crippen LogP contribution in [0.25, 0.3) is 10.9 Å². The average molecular weight is 332 g/mol. The van der Waals surface area contributed by atoms with Crippen LogP contribution in [0.3, 0.4) is 0 Å². The number of likely N-dealkylation sites (tertiary alicyclic amines) is 1. The summed E-state index contributed by atoms with van der Waals surface area (Å²) in [6.07, 6.45) is 6.48. The van der Waals surface area contributed by atoms with Crippen molar-refractivity contribution in [1.29, 1.82) is 0 Å². The molecular weight excluding hydrogens is 304 g/mol. The first kappa shape index (κ1) is 16.4. The van der Waals surface area contributed by atoms with E-state index in [1.54, 1.807) is 0 Å². The highest BCUT2D eigenvalue weighted by molar-refractivity contribution is 5.84. The van der Waals surface area contributed by atoms with Gasteiger partial charge in [-0.2, -0.15) is 0 Å². The van der Waals surface area contributed by atoms with Crippen LogP contribution in [0, 0.1) is 13.8 Å². The number of piperidine rings is 1. The molecule has 0 bridgehead atoms. The van der Waals surface area contributed by atoms with E-state index in [4.69, 9.17) is 0 Å². The van der Waals surface area contributed by atoms with Gasteiger partial charge in [-0.15, -0.1) is 0 Å². The number of aromatic nitrogens is 1. The molecule has 4 rings (SSSR count). The van der Waals surface area contributed by atoms with Crippen LogP contribution in [0.5, 0.6) is 0 Å². The third-order valence-corrected chi connectivity index (χ3v) is 5.44. The van der Waals surface area contributed by atoms with Crippen molar-refractivity contribution in [2.45, 2.75) is 46.2 Å². The molecule has 1 aliphatic rings. The molecule has 0 N–H and O–H groups in total. The Labute approximate surface area is 151 Å². The van der Waals surface area contributed by atoms with Gasteiger partial charge in [-0.05, 0) is 63.0 Å². The lowest BCUT2D eigenvalue weighted by Gasteiger charge is -2.26. The Morgan fingerprint density at radius 1 is 0.800 bits per heavy atom. The van der Waals surface area contributed by atoms with E-state index in [0.29, 0.717) is 0 Å². The Bertz CT molecular complexity index is 852. The summed E-state index contributed by atoms with van der Waals surface area (Å²) in [5.74, 6) is 0. The molecule has 0 amide bonds. The summed E-state index contributed by atoms with van der Waals surface area (Å²) >= 11 is 0. The van der Waals surface area contributed by atoms with Crippen LogP contribution in [-0.2, 0) is 13.1 Å². The first-order valence-corrected chi connectivity index (χ1v) is 9.55. The zero-order valence-corrected chi connectivity index (χ0v) is 15.5. The molecule has 1 aliphatic heterocycles. The second-order valence-electron chi connectivity index (χ2n) is 7.63. The predicted octanol–water partition coefficient (Wildman–Crippen LogP) is 5.29. The largest absolute Gasteiger partial charge is 0.343 e. The van der Waals surface area contributed by atoms with Crippen molar-refractivity contribution < 1.29 is 0 Å². The second-order valence-corrected chi connectivity index (χ2v) is 7.63. The number of nitrogens with zero attached hydrogens (tertiary/aromatic N) is 2. The Kier molecular flexibility index (Phi) is 4.63. The fraction of sp³-hybridized carbons (Fsp3) is 0.391. The lowest BCUT2D eigenvalue weighted by atomic mass is 10.1. The van der Waals surface area contributed by atoms with Crippen molar-refractivity contribution in [2.75, 3.05) is 13.1 Å². The molecule has 0 aliphatic carbocycles. The first-order valence-electron chi connectivity index (χ1n) is 9.55. The van der Waals surface area contributed by atoms with E-state index in [9.17, 15) is 0 Å². The lowest BCUT2D eigenvalue weighted by Crippen LogP contribution is -2.28. The number of hydrogen-bond donors (Lipinski definition) is 0. The van der Waals surface area contributed by atoms with Gasteiger partial charge in [0.25, 0.3) is 0 Å². The number of rotatable bonds is 4. The number of aryl methyl sites for hydroxylation is 2. The van der Waals surface area contributed by atoms with E-state index >= 15 is 0 Å². The highest BCUT2D eigenvalue weighted by Gasteiger charge is 2.15. The maximum atomic E-state index is 2.62. The summed E-state index contributed by atoms with van der Waals surface area (Å²) in [4.78, 5) is 2.62. The zero-order chi connectivity index (χ0) is 17.2. The molecule has 1 fully saturated rings. The van der Waals surface area contributed by atoms with Crippen LogP contribution >= 0.6 is 0 Å². The average Bonchev–Trinajstić information content (AvgIpc) is 2.94. The van der Waals surface area contributed by atoms with Crippen molar-refractivity contribution in [3.8, 4) is 0 Å². The van der Waals surface area contributed by atoms with Crippen molar-refractivity contribution in [3.63, 3.8) is 0 Å². The van der Waals surface area contributed by atoms with E-state index in [0.717, 1.165) is 13.1 Å². The molecule has 25 heavy (non-hydrogen) atoms. The van der Waals surface area contributed by atoms with Gasteiger partial charge in [0, 0.05) is 30.2 Å². The molecular formula is C23H28N2. The normalized spacial score (nSPS) is 15.8. The van der Waals surface area contributed by atoms with E-state index in [-0.39, 0.29) is 0 Å². The van der Waals surface area contributed by atoms with E-state index in [1.807, 2.05) is 0 Å². The SMILES string of the molecule is Cc1ccc(Cn2cc(CN3CCCCC3)c3cc(C)ccc32)cc1. The van der Waals surface area contributed by atoms with Crippen molar-refractivity contribution in [1.82, 2.24) is 9.47 Å². The predicted molar refractivity (Wildman–Crippen MR) is 106 cm³/mol. The Morgan fingerprint density at radius 3 is 2.28 bits per heavy atom. The topological polar surface area (TPSA) is 8.17 Å². The quantitative estimate of drug-likeness (QED) is 0.630.